The van der Waals surface area contributed by atoms with Crippen molar-refractivity contribution in [3.8, 4) is 5.75 Å². The van der Waals surface area contributed by atoms with Crippen LogP contribution >= 0.6 is 0 Å². The van der Waals surface area contributed by atoms with E-state index in [1.54, 1.807) is 19.4 Å². The van der Waals surface area contributed by atoms with Crippen molar-refractivity contribution in [1.82, 2.24) is 15.3 Å². The Bertz CT molecular complexity index is 789. The van der Waals surface area contributed by atoms with Crippen LogP contribution in [0.3, 0.4) is 0 Å². The highest BCUT2D eigenvalue weighted by molar-refractivity contribution is 5.92. The number of carbonyl (C=O) groups is 1. The summed E-state index contributed by atoms with van der Waals surface area (Å²) in [7, 11) is 1.60. The highest BCUT2D eigenvalue weighted by Gasteiger charge is 2.11. The maximum Gasteiger partial charge on any atom is 0.270 e. The Hall–Kier alpha value is -2.89. The molecule has 3 rings (SSSR count). The van der Waals surface area contributed by atoms with Gasteiger partial charge >= 0.3 is 0 Å². The number of methoxy groups -OCH3 is 1. The van der Waals surface area contributed by atoms with Crippen LogP contribution in [0.2, 0.25) is 0 Å². The monoisotopic (exact) mass is 352 g/mol. The van der Waals surface area contributed by atoms with Gasteiger partial charge in [0.25, 0.3) is 5.91 Å². The first-order valence-electron chi connectivity index (χ1n) is 8.95. The number of anilines is 2. The van der Waals surface area contributed by atoms with Crippen LogP contribution in [-0.2, 0) is 0 Å². The van der Waals surface area contributed by atoms with Crippen molar-refractivity contribution >= 4 is 17.5 Å². The van der Waals surface area contributed by atoms with Gasteiger partial charge in [0.1, 0.15) is 11.4 Å². The molecule has 0 aliphatic heterocycles. The molecule has 1 aliphatic rings. The lowest BCUT2D eigenvalue weighted by Crippen LogP contribution is -2.26. The number of allylic oxidation sites excluding steroid dienone is 1. The zero-order valence-electron chi connectivity index (χ0n) is 15.0. The third-order valence-corrected chi connectivity index (χ3v) is 4.36. The first-order chi connectivity index (χ1) is 12.8. The second kappa shape index (κ2) is 8.99. The normalized spacial score (nSPS) is 13.7. The summed E-state index contributed by atoms with van der Waals surface area (Å²) in [6.45, 7) is 0.629. The van der Waals surface area contributed by atoms with Crippen molar-refractivity contribution in [1.29, 1.82) is 0 Å². The molecule has 0 bridgehead atoms. The highest BCUT2D eigenvalue weighted by Crippen LogP contribution is 2.25. The molecule has 1 amide bonds. The molecule has 1 heterocycles. The van der Waals surface area contributed by atoms with Crippen molar-refractivity contribution in [3.05, 3.63) is 53.9 Å². The Balaban J connectivity index is 1.59. The summed E-state index contributed by atoms with van der Waals surface area (Å²) in [4.78, 5) is 20.8. The molecule has 0 unspecified atom stereocenters. The number of carbonyl (C=O) groups excluding carboxylic acids is 1. The summed E-state index contributed by atoms with van der Waals surface area (Å²) in [6.07, 6.45) is 9.62. The van der Waals surface area contributed by atoms with E-state index in [0.717, 1.165) is 24.9 Å². The quantitative estimate of drug-likeness (QED) is 0.740. The van der Waals surface area contributed by atoms with Crippen molar-refractivity contribution in [2.75, 3.05) is 19.0 Å². The Labute approximate surface area is 153 Å². The van der Waals surface area contributed by atoms with Gasteiger partial charge in [-0.25, -0.2) is 9.97 Å². The molecular weight excluding hydrogens is 328 g/mol. The minimum absolute atomic E-state index is 0.188. The van der Waals surface area contributed by atoms with Crippen molar-refractivity contribution in [2.45, 2.75) is 32.1 Å². The Morgan fingerprint density at radius 2 is 2.12 bits per heavy atom. The average Bonchev–Trinajstić information content (AvgIpc) is 2.69. The number of benzene rings is 1. The second-order valence-corrected chi connectivity index (χ2v) is 6.20. The zero-order chi connectivity index (χ0) is 18.2. The molecule has 0 saturated heterocycles. The summed E-state index contributed by atoms with van der Waals surface area (Å²) < 4.78 is 5.30. The maximum atomic E-state index is 12.3. The number of ether oxygens (including phenoxy) is 1. The van der Waals surface area contributed by atoms with Gasteiger partial charge in [-0.15, -0.1) is 0 Å². The standard InChI is InChI=1S/C20H24N4O2/c1-26-18-10-6-5-9-16(18)23-20-22-14-12-17(24-20)19(25)21-13-11-15-7-3-2-4-8-15/h5-7,9-10,12,14H,2-4,8,11,13H2,1H3,(H,21,25)(H,22,23,24). The lowest BCUT2D eigenvalue weighted by Gasteiger charge is -2.13. The molecule has 2 N–H and O–H groups in total. The van der Waals surface area contributed by atoms with E-state index in [0.29, 0.717) is 23.9 Å². The molecule has 1 aromatic carbocycles. The third kappa shape index (κ3) is 4.81. The van der Waals surface area contributed by atoms with Crippen LogP contribution in [0, 0.1) is 0 Å². The number of hydrogen-bond donors (Lipinski definition) is 2. The molecule has 26 heavy (non-hydrogen) atoms. The van der Waals surface area contributed by atoms with Gasteiger partial charge in [-0.1, -0.05) is 23.8 Å². The van der Waals surface area contributed by atoms with E-state index in [1.165, 1.54) is 18.4 Å². The Morgan fingerprint density at radius 3 is 2.92 bits per heavy atom. The predicted octanol–water partition coefficient (Wildman–Crippen LogP) is 3.85. The Kier molecular flexibility index (Phi) is 6.19. The molecule has 0 fully saturated rings. The van der Waals surface area contributed by atoms with E-state index < -0.39 is 0 Å². The van der Waals surface area contributed by atoms with Crippen molar-refractivity contribution in [2.24, 2.45) is 0 Å². The number of amides is 1. The molecule has 0 saturated carbocycles. The summed E-state index contributed by atoms with van der Waals surface area (Å²) in [5, 5.41) is 6.03. The van der Waals surface area contributed by atoms with Crippen LogP contribution in [0.5, 0.6) is 5.75 Å². The molecule has 0 spiro atoms. The summed E-state index contributed by atoms with van der Waals surface area (Å²) >= 11 is 0. The molecule has 0 radical (unpaired) electrons. The third-order valence-electron chi connectivity index (χ3n) is 4.36. The van der Waals surface area contributed by atoms with Gasteiger partial charge in [0.2, 0.25) is 5.95 Å². The molecule has 1 aromatic heterocycles. The first-order valence-corrected chi connectivity index (χ1v) is 8.95. The number of rotatable bonds is 7. The average molecular weight is 352 g/mol. The van der Waals surface area contributed by atoms with Crippen LogP contribution in [0.25, 0.3) is 0 Å². The van der Waals surface area contributed by atoms with Crippen LogP contribution in [0.15, 0.2) is 48.2 Å². The number of para-hydroxylation sites is 2. The van der Waals surface area contributed by atoms with E-state index >= 15 is 0 Å². The predicted molar refractivity (Wildman–Crippen MR) is 102 cm³/mol. The fourth-order valence-electron chi connectivity index (χ4n) is 2.97. The van der Waals surface area contributed by atoms with Gasteiger partial charge in [0.05, 0.1) is 12.8 Å². The molecule has 6 nitrogen and oxygen atoms in total. The van der Waals surface area contributed by atoms with E-state index in [1.807, 2.05) is 24.3 Å². The smallest absolute Gasteiger partial charge is 0.270 e. The molecule has 6 heteroatoms. The highest BCUT2D eigenvalue weighted by atomic mass is 16.5. The fraction of sp³-hybridized carbons (Fsp3) is 0.350. The topological polar surface area (TPSA) is 76.1 Å². The maximum absolute atomic E-state index is 12.3. The van der Waals surface area contributed by atoms with Crippen molar-refractivity contribution < 1.29 is 9.53 Å². The van der Waals surface area contributed by atoms with E-state index in [2.05, 4.69) is 26.7 Å². The second-order valence-electron chi connectivity index (χ2n) is 6.20. The minimum Gasteiger partial charge on any atom is -0.495 e. The van der Waals surface area contributed by atoms with Gasteiger partial charge in [0.15, 0.2) is 0 Å². The van der Waals surface area contributed by atoms with Crippen LogP contribution < -0.4 is 15.4 Å². The SMILES string of the molecule is COc1ccccc1Nc1nccc(C(=O)NCCC2=CCCCC2)n1. The summed E-state index contributed by atoms with van der Waals surface area (Å²) in [6, 6.07) is 9.10. The Morgan fingerprint density at radius 1 is 1.23 bits per heavy atom. The lowest BCUT2D eigenvalue weighted by molar-refractivity contribution is 0.0949. The van der Waals surface area contributed by atoms with E-state index in [-0.39, 0.29) is 5.91 Å². The largest absolute Gasteiger partial charge is 0.495 e. The lowest BCUT2D eigenvalue weighted by atomic mass is 9.97. The molecule has 1 aliphatic carbocycles. The van der Waals surface area contributed by atoms with Gasteiger partial charge in [-0.05, 0) is 50.3 Å². The molecule has 2 aromatic rings. The fourth-order valence-corrected chi connectivity index (χ4v) is 2.97. The number of nitrogens with zero attached hydrogens (tertiary/aromatic N) is 2. The molecule has 136 valence electrons. The van der Waals surface area contributed by atoms with Gasteiger partial charge < -0.3 is 15.4 Å². The molecule has 0 atom stereocenters. The van der Waals surface area contributed by atoms with Gasteiger partial charge in [-0.3, -0.25) is 4.79 Å². The number of aromatic nitrogens is 2. The minimum atomic E-state index is -0.188. The van der Waals surface area contributed by atoms with Crippen LogP contribution in [0.4, 0.5) is 11.6 Å². The summed E-state index contributed by atoms with van der Waals surface area (Å²) in [5.41, 5.74) is 2.53. The van der Waals surface area contributed by atoms with Crippen molar-refractivity contribution in [3.63, 3.8) is 0 Å². The van der Waals surface area contributed by atoms with Gasteiger partial charge in [-0.2, -0.15) is 0 Å². The van der Waals surface area contributed by atoms with Crippen LogP contribution in [0.1, 0.15) is 42.6 Å². The number of hydrogen-bond acceptors (Lipinski definition) is 5. The van der Waals surface area contributed by atoms with Crippen LogP contribution in [-0.4, -0.2) is 29.5 Å². The summed E-state index contributed by atoms with van der Waals surface area (Å²) in [5.74, 6) is 0.857. The van der Waals surface area contributed by atoms with E-state index in [4.69, 9.17) is 4.74 Å². The van der Waals surface area contributed by atoms with Gasteiger partial charge in [0, 0.05) is 12.7 Å². The zero-order valence-corrected chi connectivity index (χ0v) is 15.0. The number of nitrogens with one attached hydrogen (secondary N) is 2. The first kappa shape index (κ1) is 17.9. The van der Waals surface area contributed by atoms with E-state index in [9.17, 15) is 4.79 Å². The molecular formula is C20H24N4O2.